The lowest BCUT2D eigenvalue weighted by molar-refractivity contribution is 0.556. The van der Waals surface area contributed by atoms with Gasteiger partial charge in [-0.1, -0.05) is 0 Å². The van der Waals surface area contributed by atoms with Gasteiger partial charge in [-0.15, -0.1) is 0 Å². The lowest BCUT2D eigenvalue weighted by atomic mass is 10.3. The lowest BCUT2D eigenvalue weighted by Crippen LogP contribution is -1.98. The molecule has 0 atom stereocenters. The first-order chi connectivity index (χ1) is 11.9. The number of hydrogen-bond donors (Lipinski definition) is 1. The molecule has 3 aromatic carbocycles. The van der Waals surface area contributed by atoms with Crippen LogP contribution in [-0.2, 0) is 0 Å². The standard InChI is InChI=1S/C18H10F6S/c19-10-1-4-16(13(22)7-10)25(17-5-2-11(20)8-14(17)23)18-6-3-12(21)9-15(18)24/h1-9,25H. The van der Waals surface area contributed by atoms with Gasteiger partial charge < -0.3 is 0 Å². The zero-order valence-electron chi connectivity index (χ0n) is 12.4. The zero-order valence-corrected chi connectivity index (χ0v) is 13.3. The third kappa shape index (κ3) is 3.51. The highest BCUT2D eigenvalue weighted by Crippen LogP contribution is 2.54. The molecule has 7 heteroatoms. The highest BCUT2D eigenvalue weighted by atomic mass is 32.2. The van der Waals surface area contributed by atoms with E-state index in [-0.39, 0.29) is 14.7 Å². The van der Waals surface area contributed by atoms with Crippen LogP contribution in [-0.4, -0.2) is 0 Å². The third-order valence-corrected chi connectivity index (χ3v) is 5.99. The average molecular weight is 372 g/mol. The molecule has 0 aliphatic rings. The van der Waals surface area contributed by atoms with Crippen molar-refractivity contribution in [3.63, 3.8) is 0 Å². The summed E-state index contributed by atoms with van der Waals surface area (Å²) in [6.45, 7) is 0. The number of halogens is 6. The van der Waals surface area contributed by atoms with Crippen molar-refractivity contribution in [3.05, 3.63) is 89.5 Å². The molecule has 0 heterocycles. The summed E-state index contributed by atoms with van der Waals surface area (Å²) in [6.07, 6.45) is 0. The van der Waals surface area contributed by atoms with Crippen LogP contribution in [0.4, 0.5) is 26.3 Å². The highest BCUT2D eigenvalue weighted by Gasteiger charge is 2.23. The minimum atomic E-state index is -2.17. The smallest absolute Gasteiger partial charge is 0.138 e. The van der Waals surface area contributed by atoms with Crippen LogP contribution in [0.15, 0.2) is 69.3 Å². The van der Waals surface area contributed by atoms with Crippen LogP contribution < -0.4 is 0 Å². The molecular formula is C18H10F6S. The van der Waals surface area contributed by atoms with Gasteiger partial charge in [0.05, 0.1) is 0 Å². The zero-order chi connectivity index (χ0) is 18.1. The SMILES string of the molecule is Fc1ccc([SH](c2ccc(F)cc2F)c2ccc(F)cc2F)c(F)c1. The Hall–Kier alpha value is -2.41. The first kappa shape index (κ1) is 17.4. The van der Waals surface area contributed by atoms with Crippen LogP contribution in [0.25, 0.3) is 0 Å². The lowest BCUT2D eigenvalue weighted by Gasteiger charge is -2.24. The summed E-state index contributed by atoms with van der Waals surface area (Å²) >= 11 is 0. The molecule has 0 bridgehead atoms. The van der Waals surface area contributed by atoms with Crippen molar-refractivity contribution in [2.45, 2.75) is 14.7 Å². The van der Waals surface area contributed by atoms with Gasteiger partial charge in [0.15, 0.2) is 0 Å². The first-order valence-electron chi connectivity index (χ1n) is 7.02. The average Bonchev–Trinajstić information content (AvgIpc) is 2.52. The maximum Gasteiger partial charge on any atom is 0.138 e. The van der Waals surface area contributed by atoms with E-state index < -0.39 is 45.8 Å². The van der Waals surface area contributed by atoms with Crippen LogP contribution in [0.5, 0.6) is 0 Å². The Labute approximate surface area is 142 Å². The van der Waals surface area contributed by atoms with Gasteiger partial charge >= 0.3 is 0 Å². The van der Waals surface area contributed by atoms with Crippen LogP contribution >= 0.6 is 10.9 Å². The van der Waals surface area contributed by atoms with Gasteiger partial charge in [-0.3, -0.25) is 0 Å². The number of thiol groups is 1. The molecule has 25 heavy (non-hydrogen) atoms. The quantitative estimate of drug-likeness (QED) is 0.423. The maximum atomic E-state index is 14.3. The fourth-order valence-corrected chi connectivity index (χ4v) is 4.66. The Kier molecular flexibility index (Phi) is 4.76. The van der Waals surface area contributed by atoms with Crippen molar-refractivity contribution in [1.82, 2.24) is 0 Å². The van der Waals surface area contributed by atoms with Crippen molar-refractivity contribution >= 4 is 10.9 Å². The van der Waals surface area contributed by atoms with Crippen molar-refractivity contribution < 1.29 is 26.3 Å². The van der Waals surface area contributed by atoms with Crippen molar-refractivity contribution in [1.29, 1.82) is 0 Å². The fraction of sp³-hybridized carbons (Fsp3) is 0. The molecule has 0 saturated carbocycles. The van der Waals surface area contributed by atoms with E-state index in [9.17, 15) is 26.3 Å². The monoisotopic (exact) mass is 372 g/mol. The van der Waals surface area contributed by atoms with E-state index in [4.69, 9.17) is 0 Å². The minimum absolute atomic E-state index is 0.160. The summed E-state index contributed by atoms with van der Waals surface area (Å²) in [5.74, 6) is -5.56. The Morgan fingerprint density at radius 2 is 0.720 bits per heavy atom. The third-order valence-electron chi connectivity index (χ3n) is 3.45. The van der Waals surface area contributed by atoms with Gasteiger partial charge in [0.2, 0.25) is 0 Å². The molecule has 0 aliphatic heterocycles. The summed E-state index contributed by atoms with van der Waals surface area (Å²) in [5, 5.41) is 0. The first-order valence-corrected chi connectivity index (χ1v) is 8.36. The molecule has 0 radical (unpaired) electrons. The molecule has 130 valence electrons. The summed E-state index contributed by atoms with van der Waals surface area (Å²) in [7, 11) is -2.17. The summed E-state index contributed by atoms with van der Waals surface area (Å²) in [6, 6.07) is 7.85. The fourth-order valence-electron chi connectivity index (χ4n) is 2.38. The van der Waals surface area contributed by atoms with Gasteiger partial charge in [0.1, 0.15) is 34.9 Å². The molecule has 0 N–H and O–H groups in total. The molecule has 0 spiro atoms. The van der Waals surface area contributed by atoms with Crippen LogP contribution in [0, 0.1) is 34.9 Å². The summed E-state index contributed by atoms with van der Waals surface area (Å²) in [5.41, 5.74) is 0. The van der Waals surface area contributed by atoms with Gasteiger partial charge in [0, 0.05) is 32.9 Å². The van der Waals surface area contributed by atoms with E-state index >= 15 is 0 Å². The highest BCUT2D eigenvalue weighted by molar-refractivity contribution is 8.17. The van der Waals surface area contributed by atoms with Crippen molar-refractivity contribution in [2.75, 3.05) is 0 Å². The molecule has 0 amide bonds. The number of rotatable bonds is 3. The molecule has 0 saturated heterocycles. The predicted octanol–water partition coefficient (Wildman–Crippen LogP) is 6.00. The Morgan fingerprint density at radius 1 is 0.440 bits per heavy atom. The summed E-state index contributed by atoms with van der Waals surface area (Å²) in [4.78, 5) is -0.479. The molecule has 0 aromatic heterocycles. The topological polar surface area (TPSA) is 0 Å². The molecule has 3 rings (SSSR count). The van der Waals surface area contributed by atoms with Crippen LogP contribution in [0.3, 0.4) is 0 Å². The van der Waals surface area contributed by atoms with Crippen LogP contribution in [0.1, 0.15) is 0 Å². The Bertz CT molecular complexity index is 818. The van der Waals surface area contributed by atoms with E-state index in [0.717, 1.165) is 36.4 Å². The van der Waals surface area contributed by atoms with Crippen molar-refractivity contribution in [3.8, 4) is 0 Å². The molecule has 0 unspecified atom stereocenters. The second kappa shape index (κ2) is 6.84. The summed E-state index contributed by atoms with van der Waals surface area (Å²) < 4.78 is 82.4. The van der Waals surface area contributed by atoms with Gasteiger partial charge in [-0.25, -0.2) is 26.3 Å². The van der Waals surface area contributed by atoms with Gasteiger partial charge in [-0.05, 0) is 36.4 Å². The molecule has 3 aromatic rings. The van der Waals surface area contributed by atoms with Crippen LogP contribution in [0.2, 0.25) is 0 Å². The molecule has 0 fully saturated rings. The normalized spacial score (nSPS) is 11.5. The van der Waals surface area contributed by atoms with E-state index in [2.05, 4.69) is 0 Å². The molecule has 0 nitrogen and oxygen atoms in total. The molecular weight excluding hydrogens is 362 g/mol. The van der Waals surface area contributed by atoms with E-state index in [1.165, 1.54) is 0 Å². The number of benzene rings is 3. The second-order valence-electron chi connectivity index (χ2n) is 5.12. The largest absolute Gasteiger partial charge is 0.207 e. The van der Waals surface area contributed by atoms with Gasteiger partial charge in [0.25, 0.3) is 0 Å². The number of hydrogen-bond acceptors (Lipinski definition) is 0. The minimum Gasteiger partial charge on any atom is -0.207 e. The van der Waals surface area contributed by atoms with Gasteiger partial charge in [-0.2, -0.15) is 10.9 Å². The maximum absolute atomic E-state index is 14.3. The second-order valence-corrected chi connectivity index (χ2v) is 7.24. The Balaban J connectivity index is 2.27. The van der Waals surface area contributed by atoms with Crippen molar-refractivity contribution in [2.24, 2.45) is 0 Å². The van der Waals surface area contributed by atoms with E-state index in [1.807, 2.05) is 0 Å². The van der Waals surface area contributed by atoms with E-state index in [1.54, 1.807) is 0 Å². The molecule has 0 aliphatic carbocycles. The predicted molar refractivity (Wildman–Crippen MR) is 82.9 cm³/mol. The van der Waals surface area contributed by atoms with E-state index in [0.29, 0.717) is 18.2 Å². The Morgan fingerprint density at radius 3 is 0.960 bits per heavy atom.